The van der Waals surface area contributed by atoms with Gasteiger partial charge in [0.05, 0.1) is 11.1 Å². The first-order valence-corrected chi connectivity index (χ1v) is 6.65. The van der Waals surface area contributed by atoms with Crippen molar-refractivity contribution in [3.8, 4) is 0 Å². The Kier molecular flexibility index (Phi) is 2.63. The van der Waals surface area contributed by atoms with E-state index in [0.29, 0.717) is 5.92 Å². The van der Waals surface area contributed by atoms with Crippen molar-refractivity contribution in [3.63, 3.8) is 0 Å². The molecule has 2 nitrogen and oxygen atoms in total. The van der Waals surface area contributed by atoms with Gasteiger partial charge in [-0.25, -0.2) is 0 Å². The zero-order valence-electron chi connectivity index (χ0n) is 11.0. The van der Waals surface area contributed by atoms with Crippen LogP contribution in [0.3, 0.4) is 0 Å². The van der Waals surface area contributed by atoms with Crippen molar-refractivity contribution >= 4 is 10.9 Å². The summed E-state index contributed by atoms with van der Waals surface area (Å²) in [5.41, 5.74) is 2.33. The number of aliphatic hydroxyl groups is 1. The lowest BCUT2D eigenvalue weighted by molar-refractivity contribution is 0.0419. The van der Waals surface area contributed by atoms with Crippen molar-refractivity contribution in [2.45, 2.75) is 38.7 Å². The van der Waals surface area contributed by atoms with Crippen LogP contribution in [0.5, 0.6) is 0 Å². The Hall–Kier alpha value is -1.41. The molecule has 1 heterocycles. The van der Waals surface area contributed by atoms with Crippen LogP contribution in [0.25, 0.3) is 10.9 Å². The van der Waals surface area contributed by atoms with Crippen molar-refractivity contribution in [1.82, 2.24) is 4.98 Å². The Morgan fingerprint density at radius 1 is 1.28 bits per heavy atom. The van der Waals surface area contributed by atoms with E-state index in [0.717, 1.165) is 28.6 Å². The van der Waals surface area contributed by atoms with Gasteiger partial charge < -0.3 is 5.11 Å². The van der Waals surface area contributed by atoms with E-state index in [1.165, 1.54) is 12.8 Å². The minimum absolute atomic E-state index is 0.708. The number of fused-ring (bicyclic) bond motifs is 1. The summed E-state index contributed by atoms with van der Waals surface area (Å²) in [6.07, 6.45) is 3.41. The summed E-state index contributed by atoms with van der Waals surface area (Å²) in [6.45, 7) is 3.92. The smallest absolute Gasteiger partial charge is 0.0871 e. The molecular weight excluding hydrogens is 222 g/mol. The molecule has 1 atom stereocenters. The number of nitrogens with zero attached hydrogens (tertiary/aromatic N) is 1. The molecule has 1 unspecified atom stereocenters. The predicted octanol–water partition coefficient (Wildman–Crippen LogP) is 3.55. The molecule has 0 spiro atoms. The molecule has 1 saturated carbocycles. The number of pyridine rings is 1. The van der Waals surface area contributed by atoms with Gasteiger partial charge in [0.25, 0.3) is 0 Å². The van der Waals surface area contributed by atoms with E-state index in [4.69, 9.17) is 0 Å². The van der Waals surface area contributed by atoms with E-state index in [-0.39, 0.29) is 0 Å². The average Bonchev–Trinajstić information content (AvgIpc) is 3.11. The van der Waals surface area contributed by atoms with Gasteiger partial charge in [-0.2, -0.15) is 0 Å². The van der Waals surface area contributed by atoms with Crippen molar-refractivity contribution in [3.05, 3.63) is 41.6 Å². The second-order valence-corrected chi connectivity index (χ2v) is 5.78. The Morgan fingerprint density at radius 2 is 2.06 bits per heavy atom. The molecule has 18 heavy (non-hydrogen) atoms. The van der Waals surface area contributed by atoms with Crippen LogP contribution in [-0.4, -0.2) is 10.1 Å². The van der Waals surface area contributed by atoms with Crippen molar-refractivity contribution in [2.75, 3.05) is 0 Å². The molecule has 2 heteroatoms. The highest BCUT2D eigenvalue weighted by Gasteiger charge is 2.32. The van der Waals surface area contributed by atoms with Gasteiger partial charge in [0.2, 0.25) is 0 Å². The van der Waals surface area contributed by atoms with Crippen LogP contribution >= 0.6 is 0 Å². The summed E-state index contributed by atoms with van der Waals surface area (Å²) >= 11 is 0. The summed E-state index contributed by atoms with van der Waals surface area (Å²) in [5.74, 6) is 0.715. The van der Waals surface area contributed by atoms with Gasteiger partial charge in [-0.15, -0.1) is 0 Å². The highest BCUT2D eigenvalue weighted by atomic mass is 16.3. The molecule has 94 valence electrons. The van der Waals surface area contributed by atoms with Crippen LogP contribution in [0.2, 0.25) is 0 Å². The second-order valence-electron chi connectivity index (χ2n) is 5.78. The van der Waals surface area contributed by atoms with Crippen LogP contribution in [0.1, 0.15) is 37.4 Å². The van der Waals surface area contributed by atoms with E-state index in [2.05, 4.69) is 17.1 Å². The first-order chi connectivity index (χ1) is 8.54. The number of hydrogen-bond acceptors (Lipinski definition) is 2. The zero-order chi connectivity index (χ0) is 12.8. The largest absolute Gasteiger partial charge is 0.385 e. The summed E-state index contributed by atoms with van der Waals surface area (Å²) in [7, 11) is 0. The fourth-order valence-electron chi connectivity index (χ4n) is 2.56. The molecule has 3 rings (SSSR count). The van der Waals surface area contributed by atoms with Crippen LogP contribution in [0.15, 0.2) is 30.3 Å². The normalized spacial score (nSPS) is 18.8. The number of rotatable bonds is 3. The van der Waals surface area contributed by atoms with Gasteiger partial charge in [0, 0.05) is 11.1 Å². The standard InChI is InChI=1S/C16H19NO/c1-11-3-6-13-9-14(7-8-15(13)17-11)16(2,18)10-12-4-5-12/h3,6-9,12,18H,4-5,10H2,1-2H3. The van der Waals surface area contributed by atoms with E-state index >= 15 is 0 Å². The molecule has 0 aliphatic heterocycles. The maximum atomic E-state index is 10.6. The fraction of sp³-hybridized carbons (Fsp3) is 0.438. The molecular formula is C16H19NO. The van der Waals surface area contributed by atoms with Gasteiger partial charge in [0.15, 0.2) is 0 Å². The first kappa shape index (κ1) is 11.7. The van der Waals surface area contributed by atoms with Gasteiger partial charge in [-0.05, 0) is 49.9 Å². The van der Waals surface area contributed by atoms with Gasteiger partial charge in [0.1, 0.15) is 0 Å². The van der Waals surface area contributed by atoms with Crippen molar-refractivity contribution < 1.29 is 5.11 Å². The van der Waals surface area contributed by atoms with E-state index in [1.54, 1.807) is 0 Å². The van der Waals surface area contributed by atoms with Gasteiger partial charge in [-0.1, -0.05) is 25.0 Å². The van der Waals surface area contributed by atoms with Crippen LogP contribution in [0.4, 0.5) is 0 Å². The van der Waals surface area contributed by atoms with E-state index in [9.17, 15) is 5.11 Å². The lowest BCUT2D eigenvalue weighted by Crippen LogP contribution is -2.21. The maximum Gasteiger partial charge on any atom is 0.0871 e. The number of aromatic nitrogens is 1. The third kappa shape index (κ3) is 2.25. The minimum atomic E-state index is -0.708. The predicted molar refractivity (Wildman–Crippen MR) is 73.4 cm³/mol. The highest BCUT2D eigenvalue weighted by molar-refractivity contribution is 5.79. The third-order valence-corrected chi connectivity index (χ3v) is 3.83. The average molecular weight is 241 g/mol. The summed E-state index contributed by atoms with van der Waals surface area (Å²) in [6, 6.07) is 10.2. The summed E-state index contributed by atoms with van der Waals surface area (Å²) < 4.78 is 0. The lowest BCUT2D eigenvalue weighted by Gasteiger charge is -2.24. The summed E-state index contributed by atoms with van der Waals surface area (Å²) in [5, 5.41) is 11.7. The van der Waals surface area contributed by atoms with Gasteiger partial charge >= 0.3 is 0 Å². The maximum absolute atomic E-state index is 10.6. The number of benzene rings is 1. The van der Waals surface area contributed by atoms with Crippen LogP contribution in [-0.2, 0) is 5.60 Å². The Bertz CT molecular complexity index is 585. The monoisotopic (exact) mass is 241 g/mol. The SMILES string of the molecule is Cc1ccc2cc(C(C)(O)CC3CC3)ccc2n1. The van der Waals surface area contributed by atoms with E-state index < -0.39 is 5.60 Å². The molecule has 0 amide bonds. The fourth-order valence-corrected chi connectivity index (χ4v) is 2.56. The van der Waals surface area contributed by atoms with Crippen LogP contribution in [0, 0.1) is 12.8 Å². The zero-order valence-corrected chi connectivity index (χ0v) is 11.0. The summed E-state index contributed by atoms with van der Waals surface area (Å²) in [4.78, 5) is 4.49. The lowest BCUT2D eigenvalue weighted by atomic mass is 9.89. The molecule has 1 fully saturated rings. The van der Waals surface area contributed by atoms with Crippen molar-refractivity contribution in [2.24, 2.45) is 5.92 Å². The Labute approximate surface area is 108 Å². The topological polar surface area (TPSA) is 33.1 Å². The third-order valence-electron chi connectivity index (χ3n) is 3.83. The van der Waals surface area contributed by atoms with Crippen molar-refractivity contribution in [1.29, 1.82) is 0 Å². The molecule has 1 aromatic heterocycles. The van der Waals surface area contributed by atoms with Gasteiger partial charge in [-0.3, -0.25) is 4.98 Å². The molecule has 2 aromatic rings. The van der Waals surface area contributed by atoms with E-state index in [1.807, 2.05) is 32.0 Å². The molecule has 1 N–H and O–H groups in total. The molecule has 0 radical (unpaired) electrons. The molecule has 1 aliphatic rings. The Balaban J connectivity index is 1.99. The first-order valence-electron chi connectivity index (χ1n) is 6.65. The molecule has 0 saturated heterocycles. The Morgan fingerprint density at radius 3 is 2.78 bits per heavy atom. The molecule has 1 aromatic carbocycles. The second kappa shape index (κ2) is 4.06. The number of aryl methyl sites for hydroxylation is 1. The molecule has 0 bridgehead atoms. The quantitative estimate of drug-likeness (QED) is 0.891. The number of hydrogen-bond donors (Lipinski definition) is 1. The molecule has 1 aliphatic carbocycles. The minimum Gasteiger partial charge on any atom is -0.385 e. The highest BCUT2D eigenvalue weighted by Crippen LogP contribution is 2.40. The van der Waals surface area contributed by atoms with Crippen LogP contribution < -0.4 is 0 Å².